The maximum absolute atomic E-state index is 13.7. The Kier molecular flexibility index (Phi) is 7.16. The zero-order chi connectivity index (χ0) is 31.3. The van der Waals surface area contributed by atoms with Gasteiger partial charge in [-0.1, -0.05) is 34.6 Å². The van der Waals surface area contributed by atoms with Crippen LogP contribution >= 0.6 is 0 Å². The third kappa shape index (κ3) is 3.67. The normalized spacial score (nSPS) is 42.7. The molecule has 0 aromatic carbocycles. The van der Waals surface area contributed by atoms with Crippen molar-refractivity contribution in [2.45, 2.75) is 96.4 Å². The number of fused-ring (bicyclic) bond motifs is 2. The summed E-state index contributed by atoms with van der Waals surface area (Å²) in [6.45, 7) is 10.2. The van der Waals surface area contributed by atoms with Gasteiger partial charge in [0.1, 0.15) is 12.2 Å². The number of esters is 3. The SMILES string of the molecule is COC(=O)[C@@]12OC[C@@]34C1C(OC(=O)CC(O)(C(C)C)C(C)C)C(=O)O[C@@H]3C[C@H]1C(C)=C(O)C(=O)C[C@]1(C)[C@H]4[C@@H](O)[C@@H]2O. The Morgan fingerprint density at radius 1 is 1.12 bits per heavy atom. The number of hydrogen-bond donors (Lipinski definition) is 4. The fourth-order valence-electron chi connectivity index (χ4n) is 9.35. The lowest BCUT2D eigenvalue weighted by atomic mass is 9.38. The van der Waals surface area contributed by atoms with Crippen molar-refractivity contribution in [2.75, 3.05) is 13.7 Å². The van der Waals surface area contributed by atoms with Crippen LogP contribution in [-0.4, -0.2) is 93.5 Å². The molecule has 2 bridgehead atoms. The number of carbonyl (C=O) groups excluding carboxylic acids is 4. The second kappa shape index (κ2) is 9.73. The summed E-state index contributed by atoms with van der Waals surface area (Å²) in [5, 5.41) is 45.2. The Bertz CT molecular complexity index is 1230. The van der Waals surface area contributed by atoms with Crippen molar-refractivity contribution < 1.29 is 58.6 Å². The smallest absolute Gasteiger partial charge is 0.348 e. The summed E-state index contributed by atoms with van der Waals surface area (Å²) >= 11 is 0. The van der Waals surface area contributed by atoms with Crippen molar-refractivity contribution in [3.8, 4) is 0 Å². The van der Waals surface area contributed by atoms with E-state index in [1.807, 2.05) is 0 Å². The minimum absolute atomic E-state index is 0.142. The molecule has 0 amide bonds. The molecule has 0 radical (unpaired) electrons. The lowest BCUT2D eigenvalue weighted by Crippen LogP contribution is -2.79. The first kappa shape index (κ1) is 30.9. The number of methoxy groups -OCH3 is 1. The summed E-state index contributed by atoms with van der Waals surface area (Å²) in [7, 11) is 1.08. The first-order valence-electron chi connectivity index (χ1n) is 14.6. The van der Waals surface area contributed by atoms with Crippen LogP contribution in [0.5, 0.6) is 0 Å². The van der Waals surface area contributed by atoms with E-state index in [0.29, 0.717) is 5.57 Å². The summed E-state index contributed by atoms with van der Waals surface area (Å²) in [6.07, 6.45) is -6.74. The lowest BCUT2D eigenvalue weighted by molar-refractivity contribution is -0.291. The fourth-order valence-corrected chi connectivity index (χ4v) is 9.35. The summed E-state index contributed by atoms with van der Waals surface area (Å²) in [4.78, 5) is 53.5. The van der Waals surface area contributed by atoms with Crippen LogP contribution in [0.25, 0.3) is 0 Å². The first-order valence-corrected chi connectivity index (χ1v) is 14.6. The van der Waals surface area contributed by atoms with Crippen LogP contribution in [0, 0.1) is 40.4 Å². The highest BCUT2D eigenvalue weighted by molar-refractivity contribution is 5.95. The van der Waals surface area contributed by atoms with Gasteiger partial charge in [-0.05, 0) is 42.1 Å². The monoisotopic (exact) mass is 594 g/mol. The van der Waals surface area contributed by atoms with Crippen LogP contribution < -0.4 is 0 Å². The molecular weight excluding hydrogens is 552 g/mol. The van der Waals surface area contributed by atoms with Crippen molar-refractivity contribution in [1.82, 2.24) is 0 Å². The summed E-state index contributed by atoms with van der Waals surface area (Å²) < 4.78 is 22.9. The molecule has 1 spiro atoms. The summed E-state index contributed by atoms with van der Waals surface area (Å²) in [6, 6.07) is 0. The summed E-state index contributed by atoms with van der Waals surface area (Å²) in [5.74, 6) is -7.33. The Hall–Kier alpha value is -2.54. The number of hydrogen-bond acceptors (Lipinski definition) is 12. The number of carbonyl (C=O) groups is 4. The molecule has 2 unspecified atom stereocenters. The molecule has 3 aliphatic carbocycles. The predicted molar refractivity (Wildman–Crippen MR) is 142 cm³/mol. The molecule has 2 heterocycles. The first-order chi connectivity index (χ1) is 19.4. The quantitative estimate of drug-likeness (QED) is 0.253. The van der Waals surface area contributed by atoms with E-state index in [9.17, 15) is 39.6 Å². The molecule has 0 aromatic heterocycles. The third-order valence-corrected chi connectivity index (χ3v) is 11.5. The molecule has 12 heteroatoms. The van der Waals surface area contributed by atoms with Gasteiger partial charge in [0.05, 0.1) is 37.8 Å². The van der Waals surface area contributed by atoms with Crippen molar-refractivity contribution in [3.63, 3.8) is 0 Å². The van der Waals surface area contributed by atoms with Gasteiger partial charge < -0.3 is 39.4 Å². The van der Waals surface area contributed by atoms with E-state index >= 15 is 0 Å². The largest absolute Gasteiger partial charge is 0.504 e. The molecule has 10 atom stereocenters. The molecule has 4 N–H and O–H groups in total. The maximum atomic E-state index is 13.7. The van der Waals surface area contributed by atoms with E-state index in [0.717, 1.165) is 7.11 Å². The number of rotatable bonds is 6. The topological polar surface area (TPSA) is 186 Å². The Balaban J connectivity index is 1.66. The standard InChI is InChI=1S/C30H42O12/c1-12(2)29(38,13(3)4)10-18(32)42-21-23-28-11-40-30(23,26(37)39-7)24(35)20(34)22(28)27(6)9-16(31)19(33)14(5)15(27)8-17(28)41-25(21)36/h12-13,15,17,20-24,33-35,38H,8-11H2,1-7H3/t15-,17+,20+,21?,22+,23?,24-,27-,28+,30+/m0/s1. The van der Waals surface area contributed by atoms with E-state index in [4.69, 9.17) is 18.9 Å². The number of ether oxygens (including phenoxy) is 4. The van der Waals surface area contributed by atoms with Gasteiger partial charge in [0, 0.05) is 17.8 Å². The van der Waals surface area contributed by atoms with Gasteiger partial charge in [-0.3, -0.25) is 9.59 Å². The van der Waals surface area contributed by atoms with Gasteiger partial charge in [0.15, 0.2) is 11.5 Å². The van der Waals surface area contributed by atoms with Crippen LogP contribution in [0.1, 0.15) is 60.8 Å². The Morgan fingerprint density at radius 2 is 1.74 bits per heavy atom. The van der Waals surface area contributed by atoms with Crippen LogP contribution in [0.4, 0.5) is 0 Å². The van der Waals surface area contributed by atoms with Crippen LogP contribution in [0.3, 0.4) is 0 Å². The fraction of sp³-hybridized carbons (Fsp3) is 0.800. The molecule has 234 valence electrons. The van der Waals surface area contributed by atoms with E-state index in [2.05, 4.69) is 0 Å². The molecule has 4 fully saturated rings. The molecule has 2 saturated carbocycles. The van der Waals surface area contributed by atoms with E-state index in [1.54, 1.807) is 41.5 Å². The molecule has 12 nitrogen and oxygen atoms in total. The minimum Gasteiger partial charge on any atom is -0.504 e. The van der Waals surface area contributed by atoms with Crippen molar-refractivity contribution in [3.05, 3.63) is 11.3 Å². The minimum atomic E-state index is -2.28. The Labute approximate surface area is 244 Å². The highest BCUT2D eigenvalue weighted by atomic mass is 16.6. The van der Waals surface area contributed by atoms with Gasteiger partial charge in [0.25, 0.3) is 0 Å². The lowest BCUT2D eigenvalue weighted by Gasteiger charge is -2.67. The van der Waals surface area contributed by atoms with Crippen LogP contribution in [0.2, 0.25) is 0 Å². The second-order valence-electron chi connectivity index (χ2n) is 13.8. The van der Waals surface area contributed by atoms with Crippen LogP contribution in [0.15, 0.2) is 11.3 Å². The van der Waals surface area contributed by atoms with E-state index in [-0.39, 0.29) is 37.0 Å². The van der Waals surface area contributed by atoms with E-state index < -0.39 is 94.3 Å². The molecule has 5 aliphatic rings. The van der Waals surface area contributed by atoms with Crippen molar-refractivity contribution in [1.29, 1.82) is 0 Å². The number of ketones is 1. The van der Waals surface area contributed by atoms with Gasteiger partial charge in [-0.25, -0.2) is 9.59 Å². The van der Waals surface area contributed by atoms with Crippen LogP contribution in [-0.2, 0) is 38.1 Å². The van der Waals surface area contributed by atoms with Gasteiger partial charge in [-0.15, -0.1) is 0 Å². The van der Waals surface area contributed by atoms with Gasteiger partial charge in [0.2, 0.25) is 11.7 Å². The average molecular weight is 595 g/mol. The maximum Gasteiger partial charge on any atom is 0.348 e. The highest BCUT2D eigenvalue weighted by Gasteiger charge is 2.85. The van der Waals surface area contributed by atoms with Crippen molar-refractivity contribution >= 4 is 23.7 Å². The zero-order valence-electron chi connectivity index (χ0n) is 25.1. The highest BCUT2D eigenvalue weighted by Crippen LogP contribution is 2.72. The number of aliphatic hydroxyl groups is 4. The van der Waals surface area contributed by atoms with Crippen molar-refractivity contribution in [2.24, 2.45) is 40.4 Å². The number of Topliss-reactive ketones (excluding diaryl/α,β-unsaturated/α-hetero) is 1. The Morgan fingerprint density at radius 3 is 2.31 bits per heavy atom. The zero-order valence-corrected chi connectivity index (χ0v) is 25.1. The molecule has 2 saturated heterocycles. The van der Waals surface area contributed by atoms with Gasteiger partial charge in [-0.2, -0.15) is 0 Å². The molecule has 42 heavy (non-hydrogen) atoms. The van der Waals surface area contributed by atoms with E-state index in [1.165, 1.54) is 0 Å². The molecule has 2 aliphatic heterocycles. The average Bonchev–Trinajstić information content (AvgIpc) is 3.22. The number of allylic oxidation sites excluding steroid dienone is 2. The third-order valence-electron chi connectivity index (χ3n) is 11.5. The summed E-state index contributed by atoms with van der Waals surface area (Å²) in [5.41, 5.74) is -5.77. The number of aliphatic hydroxyl groups excluding tert-OH is 3. The molecule has 0 aromatic rings. The predicted octanol–water partition coefficient (Wildman–Crippen LogP) is 0.984. The molecular formula is C30H42O12. The second-order valence-corrected chi connectivity index (χ2v) is 13.8. The molecule has 5 rings (SSSR count). The van der Waals surface area contributed by atoms with Gasteiger partial charge >= 0.3 is 17.9 Å².